The molecule has 8 heteroatoms. The zero-order valence-electron chi connectivity index (χ0n) is 10.8. The Bertz CT molecular complexity index is 690. The largest absolute Gasteiger partial charge is 0.390 e. The average Bonchev–Trinajstić information content (AvgIpc) is 3.04. The van der Waals surface area contributed by atoms with Gasteiger partial charge in [0.1, 0.15) is 11.6 Å². The van der Waals surface area contributed by atoms with Crippen LogP contribution in [-0.4, -0.2) is 48.2 Å². The number of fused-ring (bicyclic) bond motifs is 2. The maximum absolute atomic E-state index is 10.2. The van der Waals surface area contributed by atoms with Crippen LogP contribution in [0, 0.1) is 11.8 Å². The molecule has 2 heterocycles. The van der Waals surface area contributed by atoms with Crippen molar-refractivity contribution in [3.63, 3.8) is 0 Å². The third kappa shape index (κ3) is 1.52. The number of anilines is 1. The highest BCUT2D eigenvalue weighted by atomic mass is 32.2. The normalized spacial score (nSPS) is 35.5. The van der Waals surface area contributed by atoms with Crippen LogP contribution in [0.1, 0.15) is 12.5 Å². The van der Waals surface area contributed by atoms with Crippen LogP contribution in [0.3, 0.4) is 0 Å². The number of nitrogens with two attached hydrogens (primary N) is 1. The summed E-state index contributed by atoms with van der Waals surface area (Å²) in [6.07, 6.45) is 3.04. The molecular formula is C12H15N5O2S. The van der Waals surface area contributed by atoms with E-state index in [0.717, 1.165) is 6.42 Å². The van der Waals surface area contributed by atoms with Crippen molar-refractivity contribution in [2.75, 3.05) is 12.0 Å². The average molecular weight is 293 g/mol. The van der Waals surface area contributed by atoms with E-state index in [2.05, 4.69) is 15.0 Å². The van der Waals surface area contributed by atoms with E-state index in [0.29, 0.717) is 28.1 Å². The van der Waals surface area contributed by atoms with Gasteiger partial charge in [-0.1, -0.05) is 11.8 Å². The molecule has 20 heavy (non-hydrogen) atoms. The van der Waals surface area contributed by atoms with Gasteiger partial charge in [-0.3, -0.25) is 0 Å². The number of imidazole rings is 1. The second kappa shape index (κ2) is 4.06. The Hall–Kier alpha value is -1.38. The van der Waals surface area contributed by atoms with Crippen LogP contribution in [0.5, 0.6) is 0 Å². The molecule has 0 amide bonds. The Morgan fingerprint density at radius 2 is 2.10 bits per heavy atom. The zero-order chi connectivity index (χ0) is 14.0. The molecule has 2 aliphatic rings. The predicted molar refractivity (Wildman–Crippen MR) is 74.2 cm³/mol. The van der Waals surface area contributed by atoms with Gasteiger partial charge in [-0.25, -0.2) is 15.0 Å². The smallest absolute Gasteiger partial charge is 0.191 e. The van der Waals surface area contributed by atoms with Crippen molar-refractivity contribution in [1.82, 2.24) is 19.5 Å². The van der Waals surface area contributed by atoms with E-state index < -0.39 is 12.2 Å². The van der Waals surface area contributed by atoms with Gasteiger partial charge in [0.25, 0.3) is 0 Å². The van der Waals surface area contributed by atoms with Crippen molar-refractivity contribution in [3.8, 4) is 0 Å². The van der Waals surface area contributed by atoms with Gasteiger partial charge in [0.2, 0.25) is 0 Å². The summed E-state index contributed by atoms with van der Waals surface area (Å²) in [4.78, 5) is 12.9. The van der Waals surface area contributed by atoms with Gasteiger partial charge < -0.3 is 20.5 Å². The van der Waals surface area contributed by atoms with E-state index in [1.807, 2.05) is 10.8 Å². The summed E-state index contributed by atoms with van der Waals surface area (Å²) in [5.41, 5.74) is 7.08. The molecule has 0 spiro atoms. The lowest BCUT2D eigenvalue weighted by Crippen LogP contribution is -2.31. The Kier molecular flexibility index (Phi) is 2.51. The lowest BCUT2D eigenvalue weighted by Gasteiger charge is -2.22. The number of nitrogen functional groups attached to an aromatic ring is 1. The lowest BCUT2D eigenvalue weighted by molar-refractivity contribution is 0.00385. The molecule has 0 saturated heterocycles. The molecule has 0 aromatic carbocycles. The van der Waals surface area contributed by atoms with Crippen LogP contribution in [0.2, 0.25) is 0 Å². The second-order valence-electron chi connectivity index (χ2n) is 5.45. The molecule has 2 aromatic heterocycles. The fraction of sp³-hybridized carbons (Fsp3) is 0.583. The van der Waals surface area contributed by atoms with E-state index in [1.54, 1.807) is 6.33 Å². The van der Waals surface area contributed by atoms with E-state index in [4.69, 9.17) is 5.73 Å². The van der Waals surface area contributed by atoms with Crippen LogP contribution >= 0.6 is 11.8 Å². The van der Waals surface area contributed by atoms with E-state index in [1.165, 1.54) is 11.8 Å². The molecule has 2 saturated carbocycles. The summed E-state index contributed by atoms with van der Waals surface area (Å²) in [7, 11) is 0. The summed E-state index contributed by atoms with van der Waals surface area (Å²) in [5.74, 6) is 0.844. The predicted octanol–water partition coefficient (Wildman–Crippen LogP) is 0.0430. The van der Waals surface area contributed by atoms with Crippen LogP contribution in [-0.2, 0) is 0 Å². The fourth-order valence-corrected chi connectivity index (χ4v) is 3.69. The Morgan fingerprint density at radius 1 is 1.30 bits per heavy atom. The summed E-state index contributed by atoms with van der Waals surface area (Å²) in [6.45, 7) is 0. The molecule has 0 bridgehead atoms. The third-order valence-corrected chi connectivity index (χ3v) is 4.95. The van der Waals surface area contributed by atoms with Crippen LogP contribution in [0.4, 0.5) is 5.82 Å². The SMILES string of the molecule is CSc1nc(N)c2ncn([C@@H]3[C@H]4C[C@H]4C(O)[C@@H]3O)c2n1. The van der Waals surface area contributed by atoms with E-state index in [9.17, 15) is 10.2 Å². The molecule has 7 nitrogen and oxygen atoms in total. The van der Waals surface area contributed by atoms with Gasteiger partial charge in [0.15, 0.2) is 16.6 Å². The first kappa shape index (κ1) is 12.4. The van der Waals surface area contributed by atoms with Gasteiger partial charge in [0, 0.05) is 0 Å². The van der Waals surface area contributed by atoms with Gasteiger partial charge >= 0.3 is 0 Å². The van der Waals surface area contributed by atoms with Crippen molar-refractivity contribution in [2.45, 2.75) is 29.8 Å². The maximum Gasteiger partial charge on any atom is 0.191 e. The topological polar surface area (TPSA) is 110 Å². The first-order chi connectivity index (χ1) is 9.61. The van der Waals surface area contributed by atoms with Crippen molar-refractivity contribution in [2.24, 2.45) is 11.8 Å². The number of aliphatic hydroxyl groups excluding tert-OH is 2. The number of nitrogens with zero attached hydrogens (tertiary/aromatic N) is 4. The van der Waals surface area contributed by atoms with Gasteiger partial charge in [-0.2, -0.15) is 0 Å². The van der Waals surface area contributed by atoms with Crippen molar-refractivity contribution >= 4 is 28.7 Å². The van der Waals surface area contributed by atoms with Crippen LogP contribution < -0.4 is 5.73 Å². The number of hydrogen-bond donors (Lipinski definition) is 3. The molecule has 5 atom stereocenters. The third-order valence-electron chi connectivity index (χ3n) is 4.40. The van der Waals surface area contributed by atoms with Crippen LogP contribution in [0.15, 0.2) is 11.5 Å². The van der Waals surface area contributed by atoms with Gasteiger partial charge in [0.05, 0.1) is 18.5 Å². The van der Waals surface area contributed by atoms with Crippen molar-refractivity contribution < 1.29 is 10.2 Å². The lowest BCUT2D eigenvalue weighted by atomic mass is 10.1. The number of aliphatic hydroxyl groups is 2. The number of rotatable bonds is 2. The van der Waals surface area contributed by atoms with Gasteiger partial charge in [-0.15, -0.1) is 0 Å². The van der Waals surface area contributed by atoms with E-state index in [-0.39, 0.29) is 12.0 Å². The number of thioether (sulfide) groups is 1. The monoisotopic (exact) mass is 293 g/mol. The molecule has 0 radical (unpaired) electrons. The first-order valence-corrected chi connectivity index (χ1v) is 7.74. The minimum Gasteiger partial charge on any atom is -0.390 e. The summed E-state index contributed by atoms with van der Waals surface area (Å²) in [6, 6.07) is -0.177. The minimum atomic E-state index is -0.773. The quantitative estimate of drug-likeness (QED) is 0.530. The highest BCUT2D eigenvalue weighted by Crippen LogP contribution is 2.57. The molecular weight excluding hydrogens is 278 g/mol. The molecule has 4 rings (SSSR count). The maximum atomic E-state index is 10.2. The van der Waals surface area contributed by atoms with Crippen molar-refractivity contribution in [3.05, 3.63) is 6.33 Å². The molecule has 2 fully saturated rings. The minimum absolute atomic E-state index is 0.177. The molecule has 2 aromatic rings. The molecule has 0 aliphatic heterocycles. The highest BCUT2D eigenvalue weighted by Gasteiger charge is 2.60. The Labute approximate surface area is 119 Å². The molecule has 106 valence electrons. The number of hydrogen-bond acceptors (Lipinski definition) is 7. The van der Waals surface area contributed by atoms with Crippen LogP contribution in [0.25, 0.3) is 11.2 Å². The zero-order valence-corrected chi connectivity index (χ0v) is 11.7. The first-order valence-electron chi connectivity index (χ1n) is 6.52. The molecule has 1 unspecified atom stereocenters. The second-order valence-corrected chi connectivity index (χ2v) is 6.23. The summed E-state index contributed by atoms with van der Waals surface area (Å²) >= 11 is 1.41. The van der Waals surface area contributed by atoms with Crippen molar-refractivity contribution in [1.29, 1.82) is 0 Å². The Balaban J connectivity index is 1.86. The van der Waals surface area contributed by atoms with Gasteiger partial charge in [-0.05, 0) is 24.5 Å². The summed E-state index contributed by atoms with van der Waals surface area (Å²) < 4.78 is 1.85. The summed E-state index contributed by atoms with van der Waals surface area (Å²) in [5, 5.41) is 20.7. The standard InChI is InChI=1S/C12H15N5O2S/c1-20-12-15-10(13)6-11(16-12)17(3-14-6)7-4-2-5(4)8(18)9(7)19/h3-5,7-9,18-19H,2H2,1H3,(H2,13,15,16)/t4-,5+,7+,8?,9+/m0/s1. The number of aromatic nitrogens is 4. The van der Waals surface area contributed by atoms with E-state index >= 15 is 0 Å². The molecule has 2 aliphatic carbocycles. The highest BCUT2D eigenvalue weighted by molar-refractivity contribution is 7.98. The molecule has 4 N–H and O–H groups in total. The Morgan fingerprint density at radius 3 is 2.75 bits per heavy atom. The fourth-order valence-electron chi connectivity index (χ4n) is 3.33.